The first-order valence-electron chi connectivity index (χ1n) is 12.6. The Morgan fingerprint density at radius 3 is 2.20 bits per heavy atom. The van der Waals surface area contributed by atoms with Gasteiger partial charge in [0.05, 0.1) is 18.3 Å². The number of hydrogen-bond acceptors (Lipinski definition) is 5. The molecule has 0 saturated carbocycles. The Labute approximate surface area is 237 Å². The minimum atomic E-state index is -0.150. The largest absolute Gasteiger partial charge is 0.497 e. The molecule has 0 fully saturated rings. The van der Waals surface area contributed by atoms with Crippen molar-refractivity contribution in [1.29, 1.82) is 0 Å². The first-order chi connectivity index (χ1) is 19.4. The van der Waals surface area contributed by atoms with Crippen LogP contribution in [0.15, 0.2) is 103 Å². The molecule has 0 unspecified atom stereocenters. The fourth-order valence-corrected chi connectivity index (χ4v) is 4.60. The highest BCUT2D eigenvalue weighted by Gasteiger charge is 2.25. The zero-order chi connectivity index (χ0) is 28.1. The van der Waals surface area contributed by atoms with Crippen molar-refractivity contribution < 1.29 is 14.3 Å². The first kappa shape index (κ1) is 26.6. The maximum atomic E-state index is 12.0. The van der Waals surface area contributed by atoms with Gasteiger partial charge in [-0.15, -0.1) is 0 Å². The number of amides is 2. The summed E-state index contributed by atoms with van der Waals surface area (Å²) < 4.78 is 5.16. The summed E-state index contributed by atoms with van der Waals surface area (Å²) in [4.78, 5) is 24.0. The number of rotatable bonds is 5. The lowest BCUT2D eigenvalue weighted by molar-refractivity contribution is -0.111. The number of benzene rings is 4. The van der Waals surface area contributed by atoms with Gasteiger partial charge in [-0.1, -0.05) is 48.0 Å². The number of anilines is 4. The van der Waals surface area contributed by atoms with Gasteiger partial charge in [-0.2, -0.15) is 0 Å². The smallest absolute Gasteiger partial charge is 0.257 e. The highest BCUT2D eigenvalue weighted by atomic mass is 35.5. The molecule has 40 heavy (non-hydrogen) atoms. The highest BCUT2D eigenvalue weighted by Crippen LogP contribution is 2.35. The van der Waals surface area contributed by atoms with Crippen molar-refractivity contribution in [3.8, 4) is 5.75 Å². The van der Waals surface area contributed by atoms with E-state index in [2.05, 4.69) is 21.3 Å². The molecule has 4 aromatic rings. The molecule has 4 aromatic carbocycles. The van der Waals surface area contributed by atoms with Crippen LogP contribution in [-0.4, -0.2) is 18.9 Å². The van der Waals surface area contributed by atoms with E-state index in [1.807, 2.05) is 79.7 Å². The van der Waals surface area contributed by atoms with Crippen molar-refractivity contribution in [2.24, 2.45) is 0 Å². The van der Waals surface area contributed by atoms with E-state index in [9.17, 15) is 9.59 Å². The van der Waals surface area contributed by atoms with Gasteiger partial charge in [0, 0.05) is 57.4 Å². The lowest BCUT2D eigenvalue weighted by Gasteiger charge is -2.05. The molecule has 2 amide bonds. The number of ether oxygens (including phenoxy) is 1. The molecule has 200 valence electrons. The third-order valence-electron chi connectivity index (χ3n) is 6.41. The Morgan fingerprint density at radius 2 is 1.40 bits per heavy atom. The number of aryl methyl sites for hydroxylation is 1. The Morgan fingerprint density at radius 1 is 0.725 bits per heavy atom. The fourth-order valence-electron chi connectivity index (χ4n) is 4.43. The number of carbonyl (C=O) groups is 2. The topological polar surface area (TPSA) is 91.5 Å². The summed E-state index contributed by atoms with van der Waals surface area (Å²) in [5, 5.41) is 12.5. The van der Waals surface area contributed by atoms with Crippen LogP contribution in [0, 0.1) is 6.92 Å². The summed E-state index contributed by atoms with van der Waals surface area (Å²) in [5.74, 6) is 0.535. The molecule has 8 heteroatoms. The van der Waals surface area contributed by atoms with E-state index in [0.717, 1.165) is 45.2 Å². The Bertz CT molecular complexity index is 1650. The first-order valence-corrected chi connectivity index (χ1v) is 13.0. The van der Waals surface area contributed by atoms with E-state index < -0.39 is 0 Å². The van der Waals surface area contributed by atoms with E-state index in [-0.39, 0.29) is 11.8 Å². The fraction of sp³-hybridized carbons (Fsp3) is 0.0625. The molecule has 2 aliphatic heterocycles. The van der Waals surface area contributed by atoms with Crippen LogP contribution < -0.4 is 26.0 Å². The lowest BCUT2D eigenvalue weighted by atomic mass is 10.0. The SMILES string of the molecule is COc1cccc(NC=C2C(=O)Nc3ccc(Cl)cc32)c1.Cc1cccc2c1C(=CNc1ccccc1)C(=O)N2. The van der Waals surface area contributed by atoms with Gasteiger partial charge in [0.15, 0.2) is 0 Å². The number of halogens is 1. The quantitative estimate of drug-likeness (QED) is 0.198. The third-order valence-corrected chi connectivity index (χ3v) is 6.64. The van der Waals surface area contributed by atoms with Crippen molar-refractivity contribution >= 4 is 57.3 Å². The summed E-state index contributed by atoms with van der Waals surface area (Å²) in [6, 6.07) is 28.5. The van der Waals surface area contributed by atoms with Crippen molar-refractivity contribution in [1.82, 2.24) is 0 Å². The molecule has 6 rings (SSSR count). The second-order valence-corrected chi connectivity index (χ2v) is 9.53. The predicted molar refractivity (Wildman–Crippen MR) is 163 cm³/mol. The predicted octanol–water partition coefficient (Wildman–Crippen LogP) is 7.15. The summed E-state index contributed by atoms with van der Waals surface area (Å²) in [6.07, 6.45) is 3.44. The van der Waals surface area contributed by atoms with Crippen molar-refractivity contribution in [2.75, 3.05) is 28.4 Å². The molecular weight excluding hydrogens is 524 g/mol. The monoisotopic (exact) mass is 550 g/mol. The van der Waals surface area contributed by atoms with Gasteiger partial charge in [0.2, 0.25) is 0 Å². The minimum Gasteiger partial charge on any atom is -0.497 e. The number of carbonyl (C=O) groups excluding carboxylic acids is 2. The van der Waals surface area contributed by atoms with Crippen molar-refractivity contribution in [3.63, 3.8) is 0 Å². The Balaban J connectivity index is 0.000000162. The molecule has 2 heterocycles. The number of methoxy groups -OCH3 is 1. The molecule has 7 nitrogen and oxygen atoms in total. The molecule has 0 spiro atoms. The minimum absolute atomic E-state index is 0.0623. The molecule has 0 aromatic heterocycles. The maximum absolute atomic E-state index is 12.0. The van der Waals surface area contributed by atoms with E-state index in [0.29, 0.717) is 16.2 Å². The molecule has 0 radical (unpaired) electrons. The van der Waals surface area contributed by atoms with Crippen LogP contribution in [0.3, 0.4) is 0 Å². The number of fused-ring (bicyclic) bond motifs is 2. The normalized spacial score (nSPS) is 15.0. The zero-order valence-corrected chi connectivity index (χ0v) is 22.7. The second kappa shape index (κ2) is 11.8. The molecular formula is C32H27ClN4O3. The van der Waals surface area contributed by atoms with E-state index in [1.165, 1.54) is 0 Å². The van der Waals surface area contributed by atoms with Crippen molar-refractivity contribution in [3.05, 3.63) is 125 Å². The Kier molecular flexibility index (Phi) is 7.84. The summed E-state index contributed by atoms with van der Waals surface area (Å²) in [5.41, 5.74) is 7.55. The number of hydrogen-bond donors (Lipinski definition) is 4. The average Bonchev–Trinajstić information content (AvgIpc) is 3.46. The van der Waals surface area contributed by atoms with Gasteiger partial charge in [-0.05, 0) is 61.0 Å². The van der Waals surface area contributed by atoms with Crippen LogP contribution in [0.1, 0.15) is 16.7 Å². The van der Waals surface area contributed by atoms with E-state index in [1.54, 1.807) is 37.7 Å². The number of para-hydroxylation sites is 1. The lowest BCUT2D eigenvalue weighted by Crippen LogP contribution is -2.05. The van der Waals surface area contributed by atoms with Gasteiger partial charge < -0.3 is 26.0 Å². The summed E-state index contributed by atoms with van der Waals surface area (Å²) >= 11 is 5.99. The van der Waals surface area contributed by atoms with Gasteiger partial charge >= 0.3 is 0 Å². The van der Waals surface area contributed by atoms with Crippen LogP contribution in [0.4, 0.5) is 22.7 Å². The van der Waals surface area contributed by atoms with E-state index in [4.69, 9.17) is 16.3 Å². The summed E-state index contributed by atoms with van der Waals surface area (Å²) in [6.45, 7) is 2.01. The Hall–Kier alpha value is -5.01. The summed E-state index contributed by atoms with van der Waals surface area (Å²) in [7, 11) is 1.61. The van der Waals surface area contributed by atoms with Gasteiger partial charge in [-0.25, -0.2) is 0 Å². The zero-order valence-electron chi connectivity index (χ0n) is 21.9. The molecule has 0 atom stereocenters. The standard InChI is InChI=1S/C16H13ClN2O2.C16H14N2O/c1-21-12-4-2-3-11(8-12)18-9-14-13-7-10(17)5-6-15(13)19-16(14)20;1-11-6-5-9-14-15(11)13(16(19)18-14)10-17-12-7-3-2-4-8-12/h2-9,18H,1H3,(H,19,20);2-10,17H,1H3,(H,18,19). The van der Waals surface area contributed by atoms with Crippen LogP contribution in [-0.2, 0) is 9.59 Å². The number of nitrogens with one attached hydrogen (secondary N) is 4. The van der Waals surface area contributed by atoms with Gasteiger partial charge in [0.25, 0.3) is 11.8 Å². The highest BCUT2D eigenvalue weighted by molar-refractivity contribution is 6.34. The molecule has 0 saturated heterocycles. The van der Waals surface area contributed by atoms with Crippen LogP contribution in [0.2, 0.25) is 5.02 Å². The second-order valence-electron chi connectivity index (χ2n) is 9.10. The van der Waals surface area contributed by atoms with Crippen LogP contribution >= 0.6 is 11.6 Å². The third kappa shape index (κ3) is 5.85. The molecule has 0 bridgehead atoms. The van der Waals surface area contributed by atoms with Crippen molar-refractivity contribution in [2.45, 2.75) is 6.92 Å². The molecule has 0 aliphatic carbocycles. The van der Waals surface area contributed by atoms with Crippen LogP contribution in [0.25, 0.3) is 11.1 Å². The molecule has 4 N–H and O–H groups in total. The maximum Gasteiger partial charge on any atom is 0.257 e. The van der Waals surface area contributed by atoms with Gasteiger partial charge in [0.1, 0.15) is 5.75 Å². The van der Waals surface area contributed by atoms with Gasteiger partial charge in [-0.3, -0.25) is 9.59 Å². The average molecular weight is 551 g/mol. The van der Waals surface area contributed by atoms with E-state index >= 15 is 0 Å². The molecule has 2 aliphatic rings. The van der Waals surface area contributed by atoms with Crippen LogP contribution in [0.5, 0.6) is 5.75 Å².